The van der Waals surface area contributed by atoms with Crippen LogP contribution in [0.15, 0.2) is 84.2 Å². The molecule has 2 unspecified atom stereocenters. The van der Waals surface area contributed by atoms with Crippen molar-refractivity contribution in [2.45, 2.75) is 76.2 Å². The molecule has 1 aromatic heterocycles. The molecule has 3 amide bonds. The van der Waals surface area contributed by atoms with Gasteiger partial charge in [0, 0.05) is 28.7 Å². The minimum absolute atomic E-state index is 0.0674. The second kappa shape index (κ2) is 15.9. The number of hydrogen-bond acceptors (Lipinski definition) is 7. The predicted molar refractivity (Wildman–Crippen MR) is 187 cm³/mol. The lowest BCUT2D eigenvalue weighted by Crippen LogP contribution is -2.54. The Balaban J connectivity index is 1.23. The Labute approximate surface area is 294 Å². The van der Waals surface area contributed by atoms with Gasteiger partial charge in [-0.2, -0.15) is 0 Å². The van der Waals surface area contributed by atoms with Gasteiger partial charge in [-0.3, -0.25) is 14.5 Å². The molecular weight excluding hydrogens is 660 g/mol. The average Bonchev–Trinajstić information content (AvgIpc) is 3.90. The van der Waals surface area contributed by atoms with Gasteiger partial charge in [-0.1, -0.05) is 60.7 Å². The second-order valence-corrected chi connectivity index (χ2v) is 13.8. The molecule has 2 fully saturated rings. The van der Waals surface area contributed by atoms with E-state index in [1.807, 2.05) is 73.0 Å². The molecule has 0 aliphatic carbocycles. The standard InChI is InChI=1S/C38H41FN4O6S/c1-24-23-50-36(40-24)32-13-8-14-42(32)37(46)29-16-27(20-39)15-28(18-29)35(45)41-31(17-25-9-4-2-5-10-25)34(44)33-19-30(21-43(33)38(47)48)49-22-26-11-6-3-7-12-26/h2-7,9-12,15-16,18,23,30-34,44H,8,13-14,17,19-22H2,1H3,(H,41,45)(H,47,48)/t30?,31-,32+,33?,34-/m0/s1. The van der Waals surface area contributed by atoms with Gasteiger partial charge in [0.25, 0.3) is 11.8 Å². The van der Waals surface area contributed by atoms with Crippen molar-refractivity contribution in [3.05, 3.63) is 123 Å². The maximum Gasteiger partial charge on any atom is 0.407 e. The molecule has 10 nitrogen and oxygen atoms in total. The highest BCUT2D eigenvalue weighted by molar-refractivity contribution is 7.09. The van der Waals surface area contributed by atoms with Crippen molar-refractivity contribution < 1.29 is 33.7 Å². The summed E-state index contributed by atoms with van der Waals surface area (Å²) >= 11 is 1.50. The summed E-state index contributed by atoms with van der Waals surface area (Å²) in [6.07, 6.45) is -0.971. The molecule has 4 aromatic rings. The molecule has 262 valence electrons. The fourth-order valence-corrected chi connectivity index (χ4v) is 7.85. The summed E-state index contributed by atoms with van der Waals surface area (Å²) in [5.41, 5.74) is 3.08. The summed E-state index contributed by atoms with van der Waals surface area (Å²) in [6.45, 7) is 1.90. The number of aromatic nitrogens is 1. The number of carboxylic acid groups (broad SMARTS) is 1. The quantitative estimate of drug-likeness (QED) is 0.167. The largest absolute Gasteiger partial charge is 0.465 e. The highest BCUT2D eigenvalue weighted by atomic mass is 32.1. The van der Waals surface area contributed by atoms with Crippen LogP contribution < -0.4 is 5.32 Å². The SMILES string of the molecule is Cc1csc([C@H]2CCCN2C(=O)c2cc(CF)cc(C(=O)N[C@@H](Cc3ccccc3)[C@H](O)C3CC(OCc4ccccc4)CN3C(=O)O)c2)n1. The van der Waals surface area contributed by atoms with Crippen LogP contribution in [-0.2, 0) is 24.4 Å². The molecular formula is C38H41FN4O6S. The van der Waals surface area contributed by atoms with Crippen LogP contribution in [0.4, 0.5) is 9.18 Å². The number of nitrogens with one attached hydrogen (secondary N) is 1. The Morgan fingerprint density at radius 2 is 1.70 bits per heavy atom. The molecule has 5 atom stereocenters. The van der Waals surface area contributed by atoms with Crippen molar-refractivity contribution >= 4 is 29.2 Å². The van der Waals surface area contributed by atoms with E-state index in [1.54, 1.807) is 4.90 Å². The number of rotatable bonds is 12. The Hall–Kier alpha value is -4.65. The van der Waals surface area contributed by atoms with E-state index in [-0.39, 0.29) is 48.0 Å². The number of thiazole rings is 1. The fraction of sp³-hybridized carbons (Fsp3) is 0.368. The Morgan fingerprint density at radius 3 is 2.36 bits per heavy atom. The summed E-state index contributed by atoms with van der Waals surface area (Å²) in [5.74, 6) is -0.922. The molecule has 0 radical (unpaired) electrons. The van der Waals surface area contributed by atoms with Crippen LogP contribution in [0.25, 0.3) is 0 Å². The van der Waals surface area contributed by atoms with Gasteiger partial charge in [0.1, 0.15) is 11.7 Å². The van der Waals surface area contributed by atoms with Crippen LogP contribution in [0.1, 0.15) is 73.4 Å². The van der Waals surface area contributed by atoms with Crippen LogP contribution in [-0.4, -0.2) is 80.3 Å². The lowest BCUT2D eigenvalue weighted by Gasteiger charge is -2.32. The first kappa shape index (κ1) is 35.2. The number of likely N-dealkylation sites (tertiary alicyclic amines) is 2. The molecule has 0 bridgehead atoms. The van der Waals surface area contributed by atoms with Crippen molar-refractivity contribution in [2.24, 2.45) is 0 Å². The smallest absolute Gasteiger partial charge is 0.407 e. The normalized spacial score (nSPS) is 20.1. The molecule has 3 aromatic carbocycles. The van der Waals surface area contributed by atoms with Crippen molar-refractivity contribution in [3.63, 3.8) is 0 Å². The van der Waals surface area contributed by atoms with Gasteiger partial charge in [-0.15, -0.1) is 11.3 Å². The van der Waals surface area contributed by atoms with Crippen LogP contribution in [0.3, 0.4) is 0 Å². The van der Waals surface area contributed by atoms with Gasteiger partial charge in [0.2, 0.25) is 0 Å². The van der Waals surface area contributed by atoms with Gasteiger partial charge >= 0.3 is 6.09 Å². The van der Waals surface area contributed by atoms with E-state index in [9.17, 15) is 29.0 Å². The van der Waals surface area contributed by atoms with E-state index >= 15 is 0 Å². The maximum absolute atomic E-state index is 14.2. The van der Waals surface area contributed by atoms with Crippen molar-refractivity contribution in [1.29, 1.82) is 0 Å². The monoisotopic (exact) mass is 700 g/mol. The van der Waals surface area contributed by atoms with E-state index in [0.717, 1.165) is 34.7 Å². The van der Waals surface area contributed by atoms with Gasteiger partial charge in [-0.25, -0.2) is 14.2 Å². The number of nitrogens with zero attached hydrogens (tertiary/aromatic N) is 3. The van der Waals surface area contributed by atoms with Gasteiger partial charge < -0.3 is 25.2 Å². The first-order chi connectivity index (χ1) is 24.2. The van der Waals surface area contributed by atoms with Crippen molar-refractivity contribution in [3.8, 4) is 0 Å². The van der Waals surface area contributed by atoms with Crippen LogP contribution >= 0.6 is 11.3 Å². The number of halogens is 1. The number of aliphatic hydroxyl groups excluding tert-OH is 1. The zero-order valence-electron chi connectivity index (χ0n) is 27.8. The van der Waals surface area contributed by atoms with Gasteiger partial charge in [-0.05, 0) is 67.5 Å². The summed E-state index contributed by atoms with van der Waals surface area (Å²) in [6, 6.07) is 21.1. The molecule has 0 saturated carbocycles. The summed E-state index contributed by atoms with van der Waals surface area (Å²) in [7, 11) is 0. The summed E-state index contributed by atoms with van der Waals surface area (Å²) in [5, 5.41) is 27.6. The summed E-state index contributed by atoms with van der Waals surface area (Å²) < 4.78 is 20.2. The van der Waals surface area contributed by atoms with E-state index in [4.69, 9.17) is 4.74 Å². The van der Waals surface area contributed by atoms with Gasteiger partial charge in [0.05, 0.1) is 43.5 Å². The van der Waals surface area contributed by atoms with E-state index in [1.165, 1.54) is 34.4 Å². The maximum atomic E-state index is 14.2. The minimum Gasteiger partial charge on any atom is -0.465 e. The number of benzene rings is 3. The first-order valence-electron chi connectivity index (χ1n) is 16.8. The topological polar surface area (TPSA) is 132 Å². The number of carbonyl (C=O) groups excluding carboxylic acids is 2. The van der Waals surface area contributed by atoms with E-state index in [0.29, 0.717) is 13.2 Å². The van der Waals surface area contributed by atoms with Crippen LogP contribution in [0.2, 0.25) is 0 Å². The average molecular weight is 701 g/mol. The van der Waals surface area contributed by atoms with E-state index in [2.05, 4.69) is 10.3 Å². The number of alkyl halides is 1. The first-order valence-corrected chi connectivity index (χ1v) is 17.7. The lowest BCUT2D eigenvalue weighted by atomic mass is 9.94. The molecule has 6 rings (SSSR count). The molecule has 2 saturated heterocycles. The molecule has 2 aliphatic rings. The second-order valence-electron chi connectivity index (χ2n) is 13.0. The molecule has 3 N–H and O–H groups in total. The Morgan fingerprint density at radius 1 is 1.00 bits per heavy atom. The third-order valence-corrected chi connectivity index (χ3v) is 10.5. The van der Waals surface area contributed by atoms with Crippen LogP contribution in [0, 0.1) is 6.92 Å². The lowest BCUT2D eigenvalue weighted by molar-refractivity contribution is 0.0387. The summed E-state index contributed by atoms with van der Waals surface area (Å²) in [4.78, 5) is 47.6. The molecule has 0 spiro atoms. The number of ether oxygens (including phenoxy) is 1. The predicted octanol–water partition coefficient (Wildman–Crippen LogP) is 5.94. The van der Waals surface area contributed by atoms with E-state index < -0.39 is 43.0 Å². The zero-order valence-corrected chi connectivity index (χ0v) is 28.6. The van der Waals surface area contributed by atoms with Gasteiger partial charge in [0.15, 0.2) is 0 Å². The number of aliphatic hydroxyl groups is 1. The zero-order chi connectivity index (χ0) is 35.2. The Bertz CT molecular complexity index is 1790. The molecule has 2 aliphatic heterocycles. The minimum atomic E-state index is -1.31. The number of carbonyl (C=O) groups is 3. The highest BCUT2D eigenvalue weighted by Crippen LogP contribution is 2.35. The fourth-order valence-electron chi connectivity index (χ4n) is 6.91. The molecule has 12 heteroatoms. The number of hydrogen-bond donors (Lipinski definition) is 3. The van der Waals surface area contributed by atoms with Crippen molar-refractivity contribution in [2.75, 3.05) is 13.1 Å². The van der Waals surface area contributed by atoms with Crippen LogP contribution in [0.5, 0.6) is 0 Å². The third-order valence-electron chi connectivity index (χ3n) is 9.39. The molecule has 3 heterocycles. The highest BCUT2D eigenvalue weighted by Gasteiger charge is 2.43. The third kappa shape index (κ3) is 8.20. The molecule has 50 heavy (non-hydrogen) atoms. The van der Waals surface area contributed by atoms with Crippen molar-refractivity contribution in [1.82, 2.24) is 20.1 Å². The Kier molecular flexibility index (Phi) is 11.2. The number of aryl methyl sites for hydroxylation is 1. The number of amides is 3.